The second-order valence-corrected chi connectivity index (χ2v) is 9.58. The third kappa shape index (κ3) is 6.48. The van der Waals surface area contributed by atoms with E-state index in [9.17, 15) is 13.2 Å². The number of halogens is 1. The first-order valence-corrected chi connectivity index (χ1v) is 12.3. The highest BCUT2D eigenvalue weighted by Gasteiger charge is 2.18. The minimum absolute atomic E-state index is 0.155. The molecule has 8 heteroatoms. The zero-order valence-electron chi connectivity index (χ0n) is 17.9. The number of rotatable bonds is 9. The van der Waals surface area contributed by atoms with Gasteiger partial charge in [-0.3, -0.25) is 9.10 Å². The molecule has 0 aliphatic heterocycles. The van der Waals surface area contributed by atoms with Crippen LogP contribution in [0.15, 0.2) is 72.8 Å². The highest BCUT2D eigenvalue weighted by atomic mass is 35.5. The maximum atomic E-state index is 12.3. The Labute approximate surface area is 193 Å². The number of carbonyl (C=O) groups excluding carboxylic acids is 1. The number of ether oxygens (including phenoxy) is 1. The Balaban J connectivity index is 1.64. The van der Waals surface area contributed by atoms with Crippen LogP contribution in [0.3, 0.4) is 0 Å². The molecule has 3 aromatic carbocycles. The second kappa shape index (κ2) is 10.5. The van der Waals surface area contributed by atoms with Crippen molar-refractivity contribution in [1.82, 2.24) is 0 Å². The van der Waals surface area contributed by atoms with E-state index in [1.165, 1.54) is 4.31 Å². The molecule has 0 radical (unpaired) electrons. The van der Waals surface area contributed by atoms with Crippen LogP contribution in [0.1, 0.15) is 18.1 Å². The topological polar surface area (TPSA) is 75.7 Å². The smallest absolute Gasteiger partial charge is 0.262 e. The first-order valence-electron chi connectivity index (χ1n) is 10.1. The van der Waals surface area contributed by atoms with E-state index in [0.717, 1.165) is 29.5 Å². The fourth-order valence-electron chi connectivity index (χ4n) is 3.15. The van der Waals surface area contributed by atoms with Gasteiger partial charge >= 0.3 is 0 Å². The van der Waals surface area contributed by atoms with Crippen molar-refractivity contribution in [3.8, 4) is 5.75 Å². The number of sulfonamides is 1. The number of para-hydroxylation sites is 1. The molecule has 1 amide bonds. The maximum absolute atomic E-state index is 12.3. The van der Waals surface area contributed by atoms with Crippen LogP contribution >= 0.6 is 11.6 Å². The molecule has 1 N–H and O–H groups in total. The number of aryl methyl sites for hydroxylation is 1. The van der Waals surface area contributed by atoms with Gasteiger partial charge in [0.05, 0.1) is 18.5 Å². The molecule has 0 aromatic heterocycles. The molecule has 0 heterocycles. The Morgan fingerprint density at radius 1 is 1.00 bits per heavy atom. The number of nitrogens with one attached hydrogen (secondary N) is 1. The van der Waals surface area contributed by atoms with E-state index < -0.39 is 10.0 Å². The van der Waals surface area contributed by atoms with E-state index in [2.05, 4.69) is 5.32 Å². The minimum Gasteiger partial charge on any atom is -0.484 e. The summed E-state index contributed by atoms with van der Waals surface area (Å²) in [6.45, 7) is 2.04. The van der Waals surface area contributed by atoms with Crippen molar-refractivity contribution in [3.63, 3.8) is 0 Å². The second-order valence-electron chi connectivity index (χ2n) is 7.24. The highest BCUT2D eigenvalue weighted by Crippen LogP contribution is 2.24. The van der Waals surface area contributed by atoms with Crippen LogP contribution in [0.2, 0.25) is 5.02 Å². The number of anilines is 2. The number of hydrogen-bond donors (Lipinski definition) is 1. The first-order chi connectivity index (χ1) is 15.3. The quantitative estimate of drug-likeness (QED) is 0.481. The van der Waals surface area contributed by atoms with Gasteiger partial charge in [0.1, 0.15) is 5.75 Å². The molecule has 0 saturated carbocycles. The average Bonchev–Trinajstić information content (AvgIpc) is 2.77. The van der Waals surface area contributed by atoms with Crippen molar-refractivity contribution in [2.45, 2.75) is 19.9 Å². The molecule has 0 bridgehead atoms. The lowest BCUT2D eigenvalue weighted by Gasteiger charge is -2.23. The van der Waals surface area contributed by atoms with Gasteiger partial charge in [-0.05, 0) is 60.0 Å². The Bertz CT molecular complexity index is 1160. The van der Waals surface area contributed by atoms with E-state index >= 15 is 0 Å². The predicted molar refractivity (Wildman–Crippen MR) is 129 cm³/mol. The minimum atomic E-state index is -3.51. The first kappa shape index (κ1) is 23.6. The van der Waals surface area contributed by atoms with Gasteiger partial charge in [-0.1, -0.05) is 48.9 Å². The van der Waals surface area contributed by atoms with Gasteiger partial charge in [-0.15, -0.1) is 0 Å². The SMILES string of the molecule is CCc1ccccc1NC(=O)COc1ccc(N(Cc2ccc(Cl)cc2)S(C)(=O)=O)cc1. The summed E-state index contributed by atoms with van der Waals surface area (Å²) >= 11 is 5.91. The number of hydrogen-bond acceptors (Lipinski definition) is 4. The highest BCUT2D eigenvalue weighted by molar-refractivity contribution is 7.92. The van der Waals surface area contributed by atoms with Gasteiger partial charge in [-0.2, -0.15) is 0 Å². The Kier molecular flexibility index (Phi) is 7.77. The zero-order chi connectivity index (χ0) is 23.1. The Hall–Kier alpha value is -3.03. The molecule has 0 fully saturated rings. The number of benzene rings is 3. The van der Waals surface area contributed by atoms with Gasteiger partial charge in [0, 0.05) is 10.7 Å². The molecule has 3 rings (SSSR count). The fraction of sp³-hybridized carbons (Fsp3) is 0.208. The Morgan fingerprint density at radius 3 is 2.28 bits per heavy atom. The van der Waals surface area contributed by atoms with Crippen LogP contribution in [0.5, 0.6) is 5.75 Å². The third-order valence-electron chi connectivity index (χ3n) is 4.81. The summed E-state index contributed by atoms with van der Waals surface area (Å²) in [6.07, 6.45) is 1.97. The lowest BCUT2D eigenvalue weighted by molar-refractivity contribution is -0.118. The van der Waals surface area contributed by atoms with E-state index in [4.69, 9.17) is 16.3 Å². The average molecular weight is 473 g/mol. The standard InChI is InChI=1S/C24H25ClN2O4S/c1-3-19-6-4-5-7-23(19)26-24(28)17-31-22-14-12-21(13-15-22)27(32(2,29)30)16-18-8-10-20(25)11-9-18/h4-15H,3,16-17H2,1-2H3,(H,26,28). The van der Waals surface area contributed by atoms with Gasteiger partial charge in [-0.25, -0.2) is 8.42 Å². The molecule has 0 spiro atoms. The summed E-state index contributed by atoms with van der Waals surface area (Å²) in [5.74, 6) is 0.197. The normalized spacial score (nSPS) is 11.1. The summed E-state index contributed by atoms with van der Waals surface area (Å²) in [7, 11) is -3.51. The van der Waals surface area contributed by atoms with Gasteiger partial charge in [0.25, 0.3) is 5.91 Å². The molecule has 6 nitrogen and oxygen atoms in total. The molecule has 0 aliphatic rings. The molecule has 0 saturated heterocycles. The monoisotopic (exact) mass is 472 g/mol. The molecule has 3 aromatic rings. The lowest BCUT2D eigenvalue weighted by Crippen LogP contribution is -2.29. The third-order valence-corrected chi connectivity index (χ3v) is 6.20. The molecular formula is C24H25ClN2O4S. The zero-order valence-corrected chi connectivity index (χ0v) is 19.5. The predicted octanol–water partition coefficient (Wildman–Crippen LogP) is 4.89. The van der Waals surface area contributed by atoms with E-state index in [-0.39, 0.29) is 19.1 Å². The van der Waals surface area contributed by atoms with E-state index in [1.54, 1.807) is 48.5 Å². The molecule has 32 heavy (non-hydrogen) atoms. The fourth-order valence-corrected chi connectivity index (χ4v) is 4.16. The van der Waals surface area contributed by atoms with E-state index in [1.807, 2.05) is 31.2 Å². The summed E-state index contributed by atoms with van der Waals surface area (Å²) < 4.78 is 31.6. The van der Waals surface area contributed by atoms with Crippen molar-refractivity contribution >= 4 is 38.9 Å². The summed E-state index contributed by atoms with van der Waals surface area (Å²) in [5, 5.41) is 3.44. The van der Waals surface area contributed by atoms with Crippen LogP contribution in [-0.2, 0) is 27.8 Å². The number of carbonyl (C=O) groups is 1. The van der Waals surface area contributed by atoms with Crippen molar-refractivity contribution in [3.05, 3.63) is 88.9 Å². The summed E-state index contributed by atoms with van der Waals surface area (Å²) in [6, 6.07) is 21.2. The van der Waals surface area contributed by atoms with Crippen LogP contribution < -0.4 is 14.4 Å². The van der Waals surface area contributed by atoms with Crippen LogP contribution in [0, 0.1) is 0 Å². The maximum Gasteiger partial charge on any atom is 0.262 e. The molecule has 0 aliphatic carbocycles. The van der Waals surface area contributed by atoms with Gasteiger partial charge in [0.15, 0.2) is 6.61 Å². The van der Waals surface area contributed by atoms with Crippen molar-refractivity contribution in [2.24, 2.45) is 0 Å². The van der Waals surface area contributed by atoms with Gasteiger partial charge in [0.2, 0.25) is 10.0 Å². The molecule has 168 valence electrons. The Morgan fingerprint density at radius 2 is 1.66 bits per heavy atom. The van der Waals surface area contributed by atoms with Crippen LogP contribution in [-0.4, -0.2) is 27.2 Å². The summed E-state index contributed by atoms with van der Waals surface area (Å²) in [5.41, 5.74) is 3.12. The molecule has 0 atom stereocenters. The van der Waals surface area contributed by atoms with Crippen LogP contribution in [0.25, 0.3) is 0 Å². The van der Waals surface area contributed by atoms with Crippen LogP contribution in [0.4, 0.5) is 11.4 Å². The number of nitrogens with zero attached hydrogens (tertiary/aromatic N) is 1. The van der Waals surface area contributed by atoms with E-state index in [0.29, 0.717) is 16.5 Å². The lowest BCUT2D eigenvalue weighted by atomic mass is 10.1. The van der Waals surface area contributed by atoms with Crippen molar-refractivity contribution in [1.29, 1.82) is 0 Å². The summed E-state index contributed by atoms with van der Waals surface area (Å²) in [4.78, 5) is 12.3. The largest absolute Gasteiger partial charge is 0.484 e. The molecule has 0 unspecified atom stereocenters. The van der Waals surface area contributed by atoms with Gasteiger partial charge < -0.3 is 10.1 Å². The number of amides is 1. The molecular weight excluding hydrogens is 448 g/mol. The van der Waals surface area contributed by atoms with Crippen molar-refractivity contribution < 1.29 is 17.9 Å². The van der Waals surface area contributed by atoms with Crippen molar-refractivity contribution in [2.75, 3.05) is 22.5 Å².